The van der Waals surface area contributed by atoms with Gasteiger partial charge in [-0.2, -0.15) is 5.26 Å². The van der Waals surface area contributed by atoms with Crippen LogP contribution in [0.4, 0.5) is 10.1 Å². The minimum absolute atomic E-state index is 0.00898. The van der Waals surface area contributed by atoms with E-state index in [0.29, 0.717) is 45.5 Å². The molecule has 1 aliphatic carbocycles. The predicted octanol–water partition coefficient (Wildman–Crippen LogP) is 8.98. The first-order valence-corrected chi connectivity index (χ1v) is 15.0. The highest BCUT2D eigenvalue weighted by molar-refractivity contribution is 7.98. The van der Waals surface area contributed by atoms with Gasteiger partial charge in [-0.25, -0.2) is 4.39 Å². The van der Waals surface area contributed by atoms with E-state index in [1.54, 1.807) is 42.1 Å². The van der Waals surface area contributed by atoms with Gasteiger partial charge < -0.3 is 5.73 Å². The summed E-state index contributed by atoms with van der Waals surface area (Å²) in [6.45, 7) is 8.18. The van der Waals surface area contributed by atoms with Crippen molar-refractivity contribution >= 4 is 46.4 Å². The van der Waals surface area contributed by atoms with Crippen molar-refractivity contribution < 1.29 is 9.18 Å². The molecule has 0 radical (unpaired) electrons. The van der Waals surface area contributed by atoms with Crippen LogP contribution in [-0.4, -0.2) is 5.78 Å². The number of carbonyl (C=O) groups is 1. The van der Waals surface area contributed by atoms with E-state index in [2.05, 4.69) is 32.0 Å². The van der Waals surface area contributed by atoms with Crippen molar-refractivity contribution in [2.45, 2.75) is 57.1 Å². The first-order chi connectivity index (χ1) is 19.4. The van der Waals surface area contributed by atoms with Crippen molar-refractivity contribution in [2.75, 3.05) is 4.90 Å². The van der Waals surface area contributed by atoms with E-state index in [1.165, 1.54) is 12.1 Å². The van der Waals surface area contributed by atoms with E-state index in [4.69, 9.17) is 28.9 Å². The van der Waals surface area contributed by atoms with Crippen LogP contribution in [0.3, 0.4) is 0 Å². The van der Waals surface area contributed by atoms with E-state index in [9.17, 15) is 14.4 Å². The number of nitriles is 1. The number of thioether (sulfide) groups is 1. The molecule has 1 atom stereocenters. The Morgan fingerprint density at radius 3 is 2.44 bits per heavy atom. The topological polar surface area (TPSA) is 70.1 Å². The molecular formula is C33H30Cl2FN3OS. The minimum Gasteiger partial charge on any atom is -0.384 e. The molecule has 0 aromatic heterocycles. The number of halogens is 3. The zero-order chi connectivity index (χ0) is 29.6. The molecule has 3 aromatic rings. The van der Waals surface area contributed by atoms with Gasteiger partial charge in [-0.15, -0.1) is 11.8 Å². The second-order valence-corrected chi connectivity index (χ2v) is 13.3. The average molecular weight is 607 g/mol. The summed E-state index contributed by atoms with van der Waals surface area (Å²) in [6, 6.07) is 18.2. The molecule has 8 heteroatoms. The van der Waals surface area contributed by atoms with Crippen molar-refractivity contribution in [3.8, 4) is 6.07 Å². The van der Waals surface area contributed by atoms with Crippen LogP contribution in [0.5, 0.6) is 0 Å². The molecule has 0 spiro atoms. The molecule has 0 saturated carbocycles. The first-order valence-electron chi connectivity index (χ1n) is 13.3. The molecule has 2 aliphatic rings. The lowest BCUT2D eigenvalue weighted by Crippen LogP contribution is -2.42. The summed E-state index contributed by atoms with van der Waals surface area (Å²) in [7, 11) is 0. The van der Waals surface area contributed by atoms with Crippen molar-refractivity contribution in [3.63, 3.8) is 0 Å². The number of nitrogens with zero attached hydrogens (tertiary/aromatic N) is 2. The number of aryl methyl sites for hydroxylation is 1. The Labute approximate surface area is 254 Å². The largest absolute Gasteiger partial charge is 0.384 e. The maximum atomic E-state index is 14.0. The molecule has 0 saturated heterocycles. The van der Waals surface area contributed by atoms with Crippen molar-refractivity contribution in [1.29, 1.82) is 5.26 Å². The van der Waals surface area contributed by atoms with Crippen LogP contribution >= 0.6 is 35.0 Å². The van der Waals surface area contributed by atoms with Gasteiger partial charge in [0, 0.05) is 34.0 Å². The van der Waals surface area contributed by atoms with Crippen LogP contribution < -0.4 is 10.6 Å². The molecule has 5 rings (SSSR count). The van der Waals surface area contributed by atoms with Crippen molar-refractivity contribution in [3.05, 3.63) is 115 Å². The highest BCUT2D eigenvalue weighted by Gasteiger charge is 2.45. The molecule has 0 amide bonds. The fourth-order valence-corrected chi connectivity index (χ4v) is 7.09. The lowest BCUT2D eigenvalue weighted by molar-refractivity contribution is -0.118. The van der Waals surface area contributed by atoms with E-state index >= 15 is 0 Å². The maximum absolute atomic E-state index is 14.0. The number of hydrogen-bond acceptors (Lipinski definition) is 5. The quantitative estimate of drug-likeness (QED) is 0.294. The third-order valence-electron chi connectivity index (χ3n) is 7.76. The molecule has 3 aromatic carbocycles. The fraction of sp³-hybridized carbons (Fsp3) is 0.273. The fourth-order valence-electron chi connectivity index (χ4n) is 5.84. The zero-order valence-corrected chi connectivity index (χ0v) is 25.6. The molecule has 1 aliphatic heterocycles. The molecular weight excluding hydrogens is 576 g/mol. The van der Waals surface area contributed by atoms with E-state index in [1.807, 2.05) is 18.7 Å². The Bertz CT molecular complexity index is 1670. The summed E-state index contributed by atoms with van der Waals surface area (Å²) in [4.78, 5) is 16.7. The van der Waals surface area contributed by atoms with Gasteiger partial charge in [0.2, 0.25) is 0 Å². The third kappa shape index (κ3) is 5.64. The maximum Gasteiger partial charge on any atom is 0.162 e. The van der Waals surface area contributed by atoms with Crippen molar-refractivity contribution in [2.24, 2.45) is 11.1 Å². The number of carbonyl (C=O) groups excluding carboxylic acids is 1. The van der Waals surface area contributed by atoms with Gasteiger partial charge in [0.1, 0.15) is 11.6 Å². The summed E-state index contributed by atoms with van der Waals surface area (Å²) in [5.74, 6) is 0.0841. The summed E-state index contributed by atoms with van der Waals surface area (Å²) >= 11 is 14.2. The van der Waals surface area contributed by atoms with Gasteiger partial charge in [-0.3, -0.25) is 9.69 Å². The number of ketones is 1. The SMILES string of the molecule is Cc1cc(CSc2ccc(F)cc2)c(C)c(C2C(C#N)=C(N)N(c3ccc(Cl)c(Cl)c3)C3=C2C(=O)CC(C)(C)C3)c1. The Balaban J connectivity index is 1.67. The number of benzene rings is 3. The van der Waals surface area contributed by atoms with E-state index < -0.39 is 5.92 Å². The normalized spacial score (nSPS) is 18.4. The number of allylic oxidation sites excluding steroid dienone is 3. The third-order valence-corrected chi connectivity index (χ3v) is 9.56. The van der Waals surface area contributed by atoms with Gasteiger partial charge >= 0.3 is 0 Å². The minimum atomic E-state index is -0.591. The Morgan fingerprint density at radius 1 is 1.07 bits per heavy atom. The van der Waals surface area contributed by atoms with Crippen LogP contribution in [-0.2, 0) is 10.5 Å². The standard InChI is InChI=1S/C33H30Cl2FN3OS/c1-18-11-20(17-41-23-8-5-21(36)6-9-23)19(2)24(12-18)30-25(16-37)32(38)39(22-7-10-26(34)27(35)13-22)28-14-33(3,4)15-29(40)31(28)30/h5-13,30H,14-15,17,38H2,1-4H3. The number of rotatable bonds is 5. The van der Waals surface area contributed by atoms with Gasteiger partial charge in [0.25, 0.3) is 0 Å². The molecule has 1 heterocycles. The number of hydrogen-bond donors (Lipinski definition) is 1. The monoisotopic (exact) mass is 605 g/mol. The predicted molar refractivity (Wildman–Crippen MR) is 165 cm³/mol. The molecule has 41 heavy (non-hydrogen) atoms. The average Bonchev–Trinajstić information content (AvgIpc) is 2.90. The lowest BCUT2D eigenvalue weighted by Gasteiger charge is -2.44. The molecule has 210 valence electrons. The number of anilines is 1. The van der Waals surface area contributed by atoms with Gasteiger partial charge in [0.15, 0.2) is 5.78 Å². The van der Waals surface area contributed by atoms with Crippen LogP contribution in [0.1, 0.15) is 54.9 Å². The first kappa shape index (κ1) is 29.3. The highest BCUT2D eigenvalue weighted by Crippen LogP contribution is 2.51. The summed E-state index contributed by atoms with van der Waals surface area (Å²) < 4.78 is 13.4. The zero-order valence-electron chi connectivity index (χ0n) is 23.3. The van der Waals surface area contributed by atoms with Gasteiger partial charge in [-0.1, -0.05) is 54.7 Å². The second kappa shape index (κ2) is 11.2. The Hall–Kier alpha value is -3.24. The van der Waals surface area contributed by atoms with Gasteiger partial charge in [0.05, 0.1) is 27.6 Å². The number of nitrogens with two attached hydrogens (primary N) is 1. The molecule has 1 unspecified atom stereocenters. The summed E-state index contributed by atoms with van der Waals surface area (Å²) in [5.41, 5.74) is 12.9. The Morgan fingerprint density at radius 2 is 1.78 bits per heavy atom. The molecule has 4 nitrogen and oxygen atoms in total. The number of Topliss-reactive ketones (excluding diaryl/α,β-unsaturated/α-hetero) is 1. The van der Waals surface area contributed by atoms with Crippen molar-refractivity contribution in [1.82, 2.24) is 0 Å². The van der Waals surface area contributed by atoms with Gasteiger partial charge in [-0.05, 0) is 84.8 Å². The molecule has 2 N–H and O–H groups in total. The van der Waals surface area contributed by atoms with Crippen LogP contribution in [0, 0.1) is 36.4 Å². The van der Waals surface area contributed by atoms with Crippen LogP contribution in [0.15, 0.2) is 82.2 Å². The lowest BCUT2D eigenvalue weighted by atomic mass is 9.68. The smallest absolute Gasteiger partial charge is 0.162 e. The summed E-state index contributed by atoms with van der Waals surface area (Å²) in [6.07, 6.45) is 0.969. The Kier molecular flexibility index (Phi) is 8.00. The molecule has 0 bridgehead atoms. The second-order valence-electron chi connectivity index (χ2n) is 11.5. The van der Waals surface area contributed by atoms with E-state index in [-0.39, 0.29) is 22.8 Å². The summed E-state index contributed by atoms with van der Waals surface area (Å²) in [5, 5.41) is 11.3. The van der Waals surface area contributed by atoms with E-state index in [0.717, 1.165) is 32.8 Å². The van der Waals surface area contributed by atoms with Crippen LogP contribution in [0.25, 0.3) is 0 Å². The highest BCUT2D eigenvalue weighted by atomic mass is 35.5. The van der Waals surface area contributed by atoms with Crippen LogP contribution in [0.2, 0.25) is 10.0 Å². The molecule has 0 fully saturated rings.